The van der Waals surface area contributed by atoms with E-state index in [2.05, 4.69) is 41.8 Å². The van der Waals surface area contributed by atoms with Gasteiger partial charge in [0.2, 0.25) is 11.7 Å². The van der Waals surface area contributed by atoms with Crippen LogP contribution in [-0.4, -0.2) is 32.9 Å². The number of nitro groups is 1. The van der Waals surface area contributed by atoms with Crippen molar-refractivity contribution < 1.29 is 14.8 Å². The zero-order valence-electron chi connectivity index (χ0n) is 13.6. The van der Waals surface area contributed by atoms with Crippen LogP contribution < -0.4 is 4.74 Å². The van der Waals surface area contributed by atoms with Crippen molar-refractivity contribution in [1.29, 1.82) is 0 Å². The fourth-order valence-electron chi connectivity index (χ4n) is 2.39. The average Bonchev–Trinajstić information content (AvgIpc) is 2.89. The smallest absolute Gasteiger partial charge is 0.315 e. The first-order valence-corrected chi connectivity index (χ1v) is 8.81. The van der Waals surface area contributed by atoms with Gasteiger partial charge in [0.05, 0.1) is 29.1 Å². The van der Waals surface area contributed by atoms with Gasteiger partial charge in [-0.3, -0.25) is 10.1 Å². The Morgan fingerprint density at radius 2 is 2.00 bits per heavy atom. The summed E-state index contributed by atoms with van der Waals surface area (Å²) in [6, 6.07) is 6.37. The van der Waals surface area contributed by atoms with Crippen LogP contribution in [-0.2, 0) is 7.05 Å². The summed E-state index contributed by atoms with van der Waals surface area (Å²) in [5, 5.41) is 21.2. The van der Waals surface area contributed by atoms with Crippen LogP contribution in [0.5, 0.6) is 11.5 Å². The lowest BCUT2D eigenvalue weighted by atomic mass is 10.1. The van der Waals surface area contributed by atoms with E-state index in [1.165, 1.54) is 19.4 Å². The molecule has 0 aliphatic rings. The number of phenolic OH excluding ortho intramolecular Hbond substituents is 1. The molecule has 3 aromatic rings. The topological polar surface area (TPSA) is 103 Å². The SMILES string of the molecule is COc1cc(/C=N/c2nc3cc(Br)c(Br)cc3n2C)c(O)c([N+](=O)[O-])c1. The number of imidazole rings is 1. The Hall–Kier alpha value is -2.46. The molecule has 0 fully saturated rings. The number of nitrogens with zero attached hydrogens (tertiary/aromatic N) is 4. The van der Waals surface area contributed by atoms with E-state index in [0.29, 0.717) is 5.95 Å². The van der Waals surface area contributed by atoms with Gasteiger partial charge in [0.1, 0.15) is 5.75 Å². The van der Waals surface area contributed by atoms with Crippen LogP contribution in [0.25, 0.3) is 11.0 Å². The monoisotopic (exact) mass is 482 g/mol. The summed E-state index contributed by atoms with van der Waals surface area (Å²) in [6.07, 6.45) is 1.32. The van der Waals surface area contributed by atoms with E-state index in [-0.39, 0.29) is 11.3 Å². The second-order valence-electron chi connectivity index (χ2n) is 5.33. The number of aryl methyl sites for hydroxylation is 1. The highest BCUT2D eigenvalue weighted by molar-refractivity contribution is 9.13. The standard InChI is InChI=1S/C16H12Br2N4O4/c1-21-13-6-11(18)10(17)5-12(13)20-16(21)19-7-8-3-9(26-2)4-14(15(8)23)22(24)25/h3-7,23H,1-2H3/b19-7+. The third-order valence-electron chi connectivity index (χ3n) is 3.74. The summed E-state index contributed by atoms with van der Waals surface area (Å²) in [5.74, 6) is 0.146. The lowest BCUT2D eigenvalue weighted by molar-refractivity contribution is -0.385. The molecule has 0 saturated heterocycles. The Bertz CT molecular complexity index is 1060. The number of ether oxygens (including phenoxy) is 1. The average molecular weight is 484 g/mol. The van der Waals surface area contributed by atoms with E-state index in [0.717, 1.165) is 26.0 Å². The van der Waals surface area contributed by atoms with Crippen molar-refractivity contribution in [3.05, 3.63) is 48.9 Å². The summed E-state index contributed by atoms with van der Waals surface area (Å²) in [7, 11) is 3.19. The van der Waals surface area contributed by atoms with Gasteiger partial charge in [-0.15, -0.1) is 0 Å². The van der Waals surface area contributed by atoms with Gasteiger partial charge in [-0.25, -0.2) is 9.98 Å². The Labute approximate surface area is 164 Å². The number of hydrogen-bond acceptors (Lipinski definition) is 6. The maximum atomic E-state index is 11.1. The summed E-state index contributed by atoms with van der Waals surface area (Å²) in [4.78, 5) is 19.1. The summed E-state index contributed by atoms with van der Waals surface area (Å²) in [5.41, 5.74) is 1.29. The molecular weight excluding hydrogens is 472 g/mol. The number of fused-ring (bicyclic) bond motifs is 1. The minimum atomic E-state index is -0.681. The molecule has 1 aromatic heterocycles. The molecule has 0 unspecified atom stereocenters. The minimum Gasteiger partial charge on any atom is -0.502 e. The molecule has 1 N–H and O–H groups in total. The number of aliphatic imine (C=N–C) groups is 1. The van der Waals surface area contributed by atoms with Gasteiger partial charge in [-0.1, -0.05) is 0 Å². The fraction of sp³-hybridized carbons (Fsp3) is 0.125. The molecule has 0 atom stereocenters. The third kappa shape index (κ3) is 3.29. The number of methoxy groups -OCH3 is 1. The first kappa shape index (κ1) is 18.3. The molecule has 8 nitrogen and oxygen atoms in total. The van der Waals surface area contributed by atoms with E-state index < -0.39 is 16.4 Å². The van der Waals surface area contributed by atoms with Crippen LogP contribution in [0.3, 0.4) is 0 Å². The number of halogens is 2. The van der Waals surface area contributed by atoms with Crippen molar-refractivity contribution >= 4 is 60.7 Å². The van der Waals surface area contributed by atoms with Crippen molar-refractivity contribution in [2.45, 2.75) is 0 Å². The third-order valence-corrected chi connectivity index (χ3v) is 5.59. The van der Waals surface area contributed by atoms with Gasteiger partial charge in [-0.2, -0.15) is 0 Å². The number of rotatable bonds is 4. The quantitative estimate of drug-likeness (QED) is 0.335. The minimum absolute atomic E-state index is 0.158. The van der Waals surface area contributed by atoms with E-state index in [9.17, 15) is 15.2 Å². The van der Waals surface area contributed by atoms with Crippen molar-refractivity contribution in [2.75, 3.05) is 7.11 Å². The molecule has 3 rings (SSSR count). The number of phenols is 1. The summed E-state index contributed by atoms with van der Waals surface area (Å²) in [6.45, 7) is 0. The molecule has 0 amide bonds. The second kappa shape index (κ2) is 7.04. The highest BCUT2D eigenvalue weighted by atomic mass is 79.9. The first-order chi connectivity index (χ1) is 12.3. The maximum absolute atomic E-state index is 11.1. The van der Waals surface area contributed by atoms with Crippen LogP contribution in [0.2, 0.25) is 0 Å². The molecule has 2 aromatic carbocycles. The van der Waals surface area contributed by atoms with Crippen LogP contribution in [0.15, 0.2) is 38.2 Å². The lowest BCUT2D eigenvalue weighted by Gasteiger charge is -2.04. The van der Waals surface area contributed by atoms with Gasteiger partial charge >= 0.3 is 5.69 Å². The maximum Gasteiger partial charge on any atom is 0.315 e. The van der Waals surface area contributed by atoms with Crippen LogP contribution in [0, 0.1) is 10.1 Å². The molecule has 0 aliphatic heterocycles. The largest absolute Gasteiger partial charge is 0.502 e. The predicted molar refractivity (Wildman–Crippen MR) is 105 cm³/mol. The normalized spacial score (nSPS) is 11.4. The Morgan fingerprint density at radius 3 is 2.65 bits per heavy atom. The fourth-order valence-corrected chi connectivity index (χ4v) is 3.05. The molecule has 0 spiro atoms. The van der Waals surface area contributed by atoms with Crippen molar-refractivity contribution in [3.63, 3.8) is 0 Å². The molecular formula is C16H12Br2N4O4. The van der Waals surface area contributed by atoms with E-state index in [1.807, 2.05) is 12.1 Å². The highest BCUT2D eigenvalue weighted by Crippen LogP contribution is 2.34. The second-order valence-corrected chi connectivity index (χ2v) is 7.03. The summed E-state index contributed by atoms with van der Waals surface area (Å²) >= 11 is 6.87. The molecule has 1 heterocycles. The van der Waals surface area contributed by atoms with Crippen molar-refractivity contribution in [3.8, 4) is 11.5 Å². The van der Waals surface area contributed by atoms with Crippen molar-refractivity contribution in [2.24, 2.45) is 12.0 Å². The number of hydrogen-bond donors (Lipinski definition) is 1. The Kier molecular flexibility index (Phi) is 4.97. The molecule has 0 bridgehead atoms. The van der Waals surface area contributed by atoms with Gasteiger partial charge in [0.15, 0.2) is 0 Å². The van der Waals surface area contributed by atoms with Crippen LogP contribution in [0.1, 0.15) is 5.56 Å². The van der Waals surface area contributed by atoms with Crippen LogP contribution >= 0.6 is 31.9 Å². The molecule has 0 aliphatic carbocycles. The van der Waals surface area contributed by atoms with E-state index in [4.69, 9.17) is 4.74 Å². The van der Waals surface area contributed by atoms with Crippen LogP contribution in [0.4, 0.5) is 11.6 Å². The molecule has 26 heavy (non-hydrogen) atoms. The molecule has 10 heteroatoms. The number of aromatic hydroxyl groups is 1. The van der Waals surface area contributed by atoms with Gasteiger partial charge < -0.3 is 14.4 Å². The summed E-state index contributed by atoms with van der Waals surface area (Å²) < 4.78 is 8.55. The first-order valence-electron chi connectivity index (χ1n) is 7.22. The molecule has 0 saturated carbocycles. The molecule has 134 valence electrons. The Morgan fingerprint density at radius 1 is 1.31 bits per heavy atom. The zero-order valence-corrected chi connectivity index (χ0v) is 16.8. The predicted octanol–water partition coefficient (Wildman–Crippen LogP) is 4.47. The lowest BCUT2D eigenvalue weighted by Crippen LogP contribution is -1.95. The highest BCUT2D eigenvalue weighted by Gasteiger charge is 2.19. The number of nitro benzene ring substituents is 1. The van der Waals surface area contributed by atoms with Gasteiger partial charge in [-0.05, 0) is 50.1 Å². The Balaban J connectivity index is 2.08. The number of benzene rings is 2. The van der Waals surface area contributed by atoms with E-state index in [1.54, 1.807) is 11.6 Å². The zero-order chi connectivity index (χ0) is 19.0. The molecule has 0 radical (unpaired) electrons. The number of aromatic nitrogens is 2. The van der Waals surface area contributed by atoms with Gasteiger partial charge in [0.25, 0.3) is 0 Å². The van der Waals surface area contributed by atoms with Gasteiger partial charge in [0, 0.05) is 27.8 Å². The van der Waals surface area contributed by atoms with Crippen molar-refractivity contribution in [1.82, 2.24) is 9.55 Å². The van der Waals surface area contributed by atoms with E-state index >= 15 is 0 Å².